The van der Waals surface area contributed by atoms with Crippen LogP contribution in [0.25, 0.3) is 55.0 Å². The van der Waals surface area contributed by atoms with Gasteiger partial charge in [-0.2, -0.15) is 0 Å². The van der Waals surface area contributed by atoms with Crippen molar-refractivity contribution in [3.63, 3.8) is 0 Å². The molecule has 8 aromatic rings. The number of hydrogen-bond acceptors (Lipinski definition) is 6. The van der Waals surface area contributed by atoms with Crippen molar-refractivity contribution < 1.29 is 25.8 Å². The molecule has 0 radical (unpaired) electrons. The monoisotopic (exact) mass is 894 g/mol. The molecule has 0 saturated heterocycles. The fourth-order valence-electron chi connectivity index (χ4n) is 9.45. The SMILES string of the molecule is Cc1ccc2op(Oc3c(C(C)C)cc(C(C)C)c(C)c3-c3c(C)c(C(C)C)cc(C(C)C)c3Op3oc4c(C)cc(C)cc4c4cc(C)cc(C)c4o3)oc3ccc(C)cc3c2c1. The third-order valence-electron chi connectivity index (χ3n) is 12.7. The van der Waals surface area contributed by atoms with Gasteiger partial charge in [-0.05, 0) is 171 Å². The standard InChI is InChI=1S/C56H64O6P2/c1-29(2)41-27-43(31(5)6)55(61-63-57-49-19-17-33(9)23-45(49)46-24-34(10)18-20-50(46)58-63)51(39(41)15)52-40(16)42(30(3)4)28-44(32(7)8)56(52)62-64-59-53-37(13)21-35(11)25-47(53)48-26-36(12)22-38(14)54(48)60-64/h17-32H,1-16H3. The van der Waals surface area contributed by atoms with E-state index in [-0.39, 0.29) is 23.7 Å². The molecule has 0 bridgehead atoms. The molecule has 2 aromatic heterocycles. The van der Waals surface area contributed by atoms with Gasteiger partial charge in [0.1, 0.15) is 33.8 Å². The van der Waals surface area contributed by atoms with Gasteiger partial charge in [0.2, 0.25) is 0 Å². The Kier molecular flexibility index (Phi) is 12.5. The van der Waals surface area contributed by atoms with Crippen molar-refractivity contribution in [1.82, 2.24) is 0 Å². The van der Waals surface area contributed by atoms with Crippen LogP contribution in [-0.4, -0.2) is 0 Å². The zero-order chi connectivity index (χ0) is 46.0. The maximum absolute atomic E-state index is 7.46. The molecule has 8 heteroatoms. The van der Waals surface area contributed by atoms with Gasteiger partial charge in [-0.3, -0.25) is 0 Å². The molecule has 8 rings (SSSR count). The van der Waals surface area contributed by atoms with Gasteiger partial charge in [-0.25, -0.2) is 0 Å². The Labute approximate surface area is 381 Å². The second kappa shape index (κ2) is 17.6. The van der Waals surface area contributed by atoms with Crippen molar-refractivity contribution in [2.75, 3.05) is 0 Å². The van der Waals surface area contributed by atoms with E-state index in [1.807, 2.05) is 12.1 Å². The summed E-state index contributed by atoms with van der Waals surface area (Å²) in [6.45, 7) is 35.2. The average Bonchev–Trinajstić information content (AvgIpc) is 3.45. The van der Waals surface area contributed by atoms with Crippen LogP contribution in [0.3, 0.4) is 0 Å². The molecule has 2 heterocycles. The molecule has 0 N–H and O–H groups in total. The highest BCUT2D eigenvalue weighted by atomic mass is 31.1. The maximum Gasteiger partial charge on any atom is 0.453 e. The summed E-state index contributed by atoms with van der Waals surface area (Å²) < 4.78 is 42.6. The van der Waals surface area contributed by atoms with Crippen LogP contribution < -0.4 is 9.05 Å². The summed E-state index contributed by atoms with van der Waals surface area (Å²) in [6, 6.07) is 26.0. The maximum atomic E-state index is 7.46. The first-order valence-corrected chi connectivity index (χ1v) is 25.0. The molecular weight excluding hydrogens is 831 g/mol. The summed E-state index contributed by atoms with van der Waals surface area (Å²) in [5.41, 5.74) is 18.6. The van der Waals surface area contributed by atoms with Gasteiger partial charge < -0.3 is 25.8 Å². The molecular formula is C56H64O6P2. The number of aryl methyl sites for hydroxylation is 6. The first-order chi connectivity index (χ1) is 30.3. The van der Waals surface area contributed by atoms with Crippen molar-refractivity contribution in [1.29, 1.82) is 0 Å². The molecule has 6 aromatic carbocycles. The predicted molar refractivity (Wildman–Crippen MR) is 271 cm³/mol. The van der Waals surface area contributed by atoms with Gasteiger partial charge in [-0.15, -0.1) is 0 Å². The molecule has 0 aliphatic carbocycles. The van der Waals surface area contributed by atoms with E-state index in [0.29, 0.717) is 0 Å². The van der Waals surface area contributed by atoms with E-state index in [1.165, 1.54) is 11.1 Å². The quantitative estimate of drug-likeness (QED) is 0.144. The molecule has 0 fully saturated rings. The normalized spacial score (nSPS) is 12.0. The van der Waals surface area contributed by atoms with Gasteiger partial charge in [0.05, 0.1) is 0 Å². The molecule has 0 saturated carbocycles. The Morgan fingerprint density at radius 2 is 0.719 bits per heavy atom. The molecule has 6 nitrogen and oxygen atoms in total. The van der Waals surface area contributed by atoms with E-state index in [2.05, 4.69) is 171 Å². The fraction of sp³-hybridized carbons (Fsp3) is 0.357. The van der Waals surface area contributed by atoms with Crippen LogP contribution in [0.5, 0.6) is 11.5 Å². The molecule has 334 valence electrons. The van der Waals surface area contributed by atoms with E-state index < -0.39 is 16.5 Å². The lowest BCUT2D eigenvalue weighted by Crippen LogP contribution is -2.08. The van der Waals surface area contributed by atoms with Crippen molar-refractivity contribution in [3.8, 4) is 22.6 Å². The summed E-state index contributed by atoms with van der Waals surface area (Å²) in [4.78, 5) is 0. The van der Waals surface area contributed by atoms with E-state index in [9.17, 15) is 0 Å². The van der Waals surface area contributed by atoms with E-state index in [0.717, 1.165) is 122 Å². The third-order valence-corrected chi connectivity index (χ3v) is 14.7. The molecule has 0 spiro atoms. The smallest absolute Gasteiger partial charge is 0.390 e. The summed E-state index contributed by atoms with van der Waals surface area (Å²) in [7, 11) is -4.00. The zero-order valence-corrected chi connectivity index (χ0v) is 42.4. The lowest BCUT2D eigenvalue weighted by Gasteiger charge is -2.28. The minimum Gasteiger partial charge on any atom is -0.390 e. The first kappa shape index (κ1) is 45.3. The van der Waals surface area contributed by atoms with Gasteiger partial charge in [0.25, 0.3) is 0 Å². The summed E-state index contributed by atoms with van der Waals surface area (Å²) in [5, 5.41) is 4.01. The largest absolute Gasteiger partial charge is 0.453 e. The zero-order valence-electron chi connectivity index (χ0n) is 40.6. The van der Waals surface area contributed by atoms with Crippen LogP contribution in [0.15, 0.2) is 89.6 Å². The second-order valence-electron chi connectivity index (χ2n) is 19.3. The van der Waals surface area contributed by atoms with Crippen LogP contribution in [0.4, 0.5) is 0 Å². The van der Waals surface area contributed by atoms with Crippen molar-refractivity contribution in [2.24, 2.45) is 0 Å². The Morgan fingerprint density at radius 3 is 1.08 bits per heavy atom. The fourth-order valence-corrected chi connectivity index (χ4v) is 11.8. The topological polar surface area (TPSA) is 71.0 Å². The first-order valence-electron chi connectivity index (χ1n) is 22.8. The molecule has 0 atom stereocenters. The van der Waals surface area contributed by atoms with E-state index in [1.54, 1.807) is 0 Å². The van der Waals surface area contributed by atoms with E-state index in [4.69, 9.17) is 25.8 Å². The lowest BCUT2D eigenvalue weighted by molar-refractivity contribution is 0.486. The summed E-state index contributed by atoms with van der Waals surface area (Å²) in [6.07, 6.45) is 0. The molecule has 0 aliphatic heterocycles. The Balaban J connectivity index is 1.50. The number of fused-ring (bicyclic) bond motifs is 6. The minimum absolute atomic E-state index is 0.0995. The van der Waals surface area contributed by atoms with Crippen LogP contribution in [0, 0.1) is 55.4 Å². The second-order valence-corrected chi connectivity index (χ2v) is 21.3. The van der Waals surface area contributed by atoms with Crippen molar-refractivity contribution in [3.05, 3.63) is 140 Å². The van der Waals surface area contributed by atoms with Crippen LogP contribution in [0.1, 0.15) is 146 Å². The number of rotatable bonds is 9. The van der Waals surface area contributed by atoms with Crippen molar-refractivity contribution in [2.45, 2.75) is 134 Å². The lowest BCUT2D eigenvalue weighted by atomic mass is 9.80. The minimum atomic E-state index is -2.01. The Morgan fingerprint density at radius 1 is 0.375 bits per heavy atom. The Bertz CT molecular complexity index is 3080. The number of hydrogen-bond donors (Lipinski definition) is 0. The van der Waals surface area contributed by atoms with Crippen molar-refractivity contribution >= 4 is 60.4 Å². The number of benzene rings is 6. The highest BCUT2D eigenvalue weighted by molar-refractivity contribution is 7.32. The molecule has 0 aliphatic rings. The molecule has 64 heavy (non-hydrogen) atoms. The highest BCUT2D eigenvalue weighted by Gasteiger charge is 2.31. The van der Waals surface area contributed by atoms with Crippen LogP contribution in [0.2, 0.25) is 0 Å². The molecule has 0 unspecified atom stereocenters. The van der Waals surface area contributed by atoms with Gasteiger partial charge in [0, 0.05) is 32.7 Å². The predicted octanol–water partition coefficient (Wildman–Crippen LogP) is 19.2. The summed E-state index contributed by atoms with van der Waals surface area (Å²) in [5.74, 6) is 2.14. The van der Waals surface area contributed by atoms with E-state index >= 15 is 0 Å². The van der Waals surface area contributed by atoms with Gasteiger partial charge >= 0.3 is 16.5 Å². The van der Waals surface area contributed by atoms with Crippen LogP contribution in [-0.2, 0) is 0 Å². The van der Waals surface area contributed by atoms with Gasteiger partial charge in [0.15, 0.2) is 0 Å². The highest BCUT2D eigenvalue weighted by Crippen LogP contribution is 2.55. The molecule has 0 amide bonds. The summed E-state index contributed by atoms with van der Waals surface area (Å²) >= 11 is 0. The average molecular weight is 895 g/mol. The van der Waals surface area contributed by atoms with Crippen LogP contribution >= 0.6 is 16.5 Å². The third kappa shape index (κ3) is 8.41. The van der Waals surface area contributed by atoms with Gasteiger partial charge in [-0.1, -0.05) is 103 Å². The Hall–Kier alpha value is -5.28.